The second-order valence-electron chi connectivity index (χ2n) is 5.30. The first-order chi connectivity index (χ1) is 11.7. The van der Waals surface area contributed by atoms with Gasteiger partial charge in [0.25, 0.3) is 0 Å². The van der Waals surface area contributed by atoms with E-state index in [1.807, 2.05) is 36.5 Å². The molecule has 24 heavy (non-hydrogen) atoms. The van der Waals surface area contributed by atoms with Crippen LogP contribution in [-0.2, 0) is 0 Å². The van der Waals surface area contributed by atoms with E-state index < -0.39 is 0 Å². The SMILES string of the molecule is C=C(/C=N\c1cc(-c2ccccc2OC)c[nH]1)c1ccc(O)cc1. The van der Waals surface area contributed by atoms with Gasteiger partial charge in [0.15, 0.2) is 0 Å². The molecule has 2 N–H and O–H groups in total. The van der Waals surface area contributed by atoms with Gasteiger partial charge in [-0.2, -0.15) is 0 Å². The van der Waals surface area contributed by atoms with Crippen molar-refractivity contribution >= 4 is 17.6 Å². The largest absolute Gasteiger partial charge is 0.508 e. The molecule has 4 nitrogen and oxygen atoms in total. The Labute approximate surface area is 140 Å². The molecule has 0 unspecified atom stereocenters. The van der Waals surface area contributed by atoms with E-state index >= 15 is 0 Å². The maximum Gasteiger partial charge on any atom is 0.130 e. The van der Waals surface area contributed by atoms with E-state index in [9.17, 15) is 5.11 Å². The first-order valence-electron chi connectivity index (χ1n) is 7.51. The standard InChI is InChI=1S/C20H18N2O2/c1-14(15-7-9-17(23)10-8-15)12-21-20-11-16(13-22-20)18-5-3-4-6-19(18)24-2/h3-13,22-23H,1H2,2H3/b21-12-. The average Bonchev–Trinajstić information content (AvgIpc) is 3.09. The fraction of sp³-hybridized carbons (Fsp3) is 0.0500. The molecule has 0 atom stereocenters. The van der Waals surface area contributed by atoms with Crippen LogP contribution in [0, 0.1) is 0 Å². The van der Waals surface area contributed by atoms with Gasteiger partial charge in [-0.3, -0.25) is 0 Å². The minimum absolute atomic E-state index is 0.231. The number of methoxy groups -OCH3 is 1. The van der Waals surface area contributed by atoms with Crippen molar-refractivity contribution in [3.05, 3.63) is 72.9 Å². The molecular weight excluding hydrogens is 300 g/mol. The summed E-state index contributed by atoms with van der Waals surface area (Å²) < 4.78 is 5.39. The summed E-state index contributed by atoms with van der Waals surface area (Å²) in [6, 6.07) is 16.7. The third-order valence-corrected chi connectivity index (χ3v) is 3.68. The van der Waals surface area contributed by atoms with Gasteiger partial charge in [-0.05, 0) is 35.4 Å². The van der Waals surface area contributed by atoms with Crippen molar-refractivity contribution in [1.82, 2.24) is 4.98 Å². The topological polar surface area (TPSA) is 57.6 Å². The monoisotopic (exact) mass is 318 g/mol. The lowest BCUT2D eigenvalue weighted by molar-refractivity contribution is 0.416. The van der Waals surface area contributed by atoms with E-state index in [-0.39, 0.29) is 5.75 Å². The van der Waals surface area contributed by atoms with Crippen LogP contribution in [0.4, 0.5) is 5.82 Å². The number of nitrogens with one attached hydrogen (secondary N) is 1. The van der Waals surface area contributed by atoms with Gasteiger partial charge in [-0.25, -0.2) is 4.99 Å². The minimum Gasteiger partial charge on any atom is -0.508 e. The van der Waals surface area contributed by atoms with Crippen LogP contribution in [-0.4, -0.2) is 23.4 Å². The molecular formula is C20H18N2O2. The Kier molecular flexibility index (Phi) is 4.47. The molecule has 0 saturated carbocycles. The molecule has 1 aromatic heterocycles. The summed E-state index contributed by atoms with van der Waals surface area (Å²) in [6.45, 7) is 4.00. The molecule has 0 radical (unpaired) electrons. The Morgan fingerprint density at radius 2 is 1.92 bits per heavy atom. The number of allylic oxidation sites excluding steroid dienone is 1. The summed E-state index contributed by atoms with van der Waals surface area (Å²) in [7, 11) is 1.66. The van der Waals surface area contributed by atoms with E-state index in [1.165, 1.54) is 0 Å². The van der Waals surface area contributed by atoms with Crippen LogP contribution in [0.3, 0.4) is 0 Å². The second-order valence-corrected chi connectivity index (χ2v) is 5.30. The van der Waals surface area contributed by atoms with Crippen molar-refractivity contribution in [2.45, 2.75) is 0 Å². The van der Waals surface area contributed by atoms with Crippen molar-refractivity contribution in [2.24, 2.45) is 4.99 Å². The van der Waals surface area contributed by atoms with Crippen molar-refractivity contribution in [3.63, 3.8) is 0 Å². The minimum atomic E-state index is 0.231. The van der Waals surface area contributed by atoms with E-state index in [2.05, 4.69) is 16.6 Å². The first kappa shape index (κ1) is 15.6. The van der Waals surface area contributed by atoms with E-state index in [1.54, 1.807) is 37.6 Å². The van der Waals surface area contributed by atoms with Gasteiger partial charge in [0.05, 0.1) is 7.11 Å². The predicted octanol–water partition coefficient (Wildman–Crippen LogP) is 4.81. The zero-order valence-corrected chi connectivity index (χ0v) is 13.4. The van der Waals surface area contributed by atoms with Crippen molar-refractivity contribution in [2.75, 3.05) is 7.11 Å². The number of aliphatic imine (C=N–C) groups is 1. The number of hydrogen-bond acceptors (Lipinski definition) is 3. The van der Waals surface area contributed by atoms with Crippen LogP contribution in [0.1, 0.15) is 5.56 Å². The molecule has 0 spiro atoms. The molecule has 0 aliphatic rings. The Morgan fingerprint density at radius 1 is 1.17 bits per heavy atom. The van der Waals surface area contributed by atoms with Gasteiger partial charge >= 0.3 is 0 Å². The highest BCUT2D eigenvalue weighted by atomic mass is 16.5. The normalized spacial score (nSPS) is 10.9. The summed E-state index contributed by atoms with van der Waals surface area (Å²) >= 11 is 0. The fourth-order valence-corrected chi connectivity index (χ4v) is 2.39. The number of aromatic nitrogens is 1. The molecule has 1 heterocycles. The van der Waals surface area contributed by atoms with Crippen LogP contribution in [0.15, 0.2) is 72.4 Å². The number of para-hydroxylation sites is 1. The number of benzene rings is 2. The van der Waals surface area contributed by atoms with Gasteiger partial charge in [-0.1, -0.05) is 36.9 Å². The second kappa shape index (κ2) is 6.87. The number of aromatic hydroxyl groups is 1. The average molecular weight is 318 g/mol. The maximum atomic E-state index is 9.32. The van der Waals surface area contributed by atoms with E-state index in [4.69, 9.17) is 4.74 Å². The van der Waals surface area contributed by atoms with Crippen LogP contribution >= 0.6 is 0 Å². The smallest absolute Gasteiger partial charge is 0.130 e. The first-order valence-corrected chi connectivity index (χ1v) is 7.51. The van der Waals surface area contributed by atoms with Crippen molar-refractivity contribution < 1.29 is 9.84 Å². The number of nitrogens with zero attached hydrogens (tertiary/aromatic N) is 1. The van der Waals surface area contributed by atoms with Gasteiger partial charge in [0.2, 0.25) is 0 Å². The summed E-state index contributed by atoms with van der Waals surface area (Å²) in [6.07, 6.45) is 3.60. The highest BCUT2D eigenvalue weighted by molar-refractivity contribution is 6.09. The molecule has 3 aromatic rings. The number of rotatable bonds is 5. The molecule has 0 amide bonds. The van der Waals surface area contributed by atoms with E-state index in [0.29, 0.717) is 0 Å². The lowest BCUT2D eigenvalue weighted by atomic mass is 10.1. The fourth-order valence-electron chi connectivity index (χ4n) is 2.39. The molecule has 120 valence electrons. The Morgan fingerprint density at radius 3 is 2.67 bits per heavy atom. The quantitative estimate of drug-likeness (QED) is 0.663. The Balaban J connectivity index is 1.78. The van der Waals surface area contributed by atoms with Crippen LogP contribution in [0.2, 0.25) is 0 Å². The number of hydrogen-bond donors (Lipinski definition) is 2. The van der Waals surface area contributed by atoms with Crippen molar-refractivity contribution in [1.29, 1.82) is 0 Å². The van der Waals surface area contributed by atoms with Gasteiger partial charge < -0.3 is 14.8 Å². The molecule has 0 bridgehead atoms. The zero-order chi connectivity index (χ0) is 16.9. The summed E-state index contributed by atoms with van der Waals surface area (Å²) in [5.74, 6) is 1.78. The van der Waals surface area contributed by atoms with Crippen LogP contribution in [0.5, 0.6) is 11.5 Å². The number of ether oxygens (including phenoxy) is 1. The third-order valence-electron chi connectivity index (χ3n) is 3.68. The van der Waals surface area contributed by atoms with Gasteiger partial charge in [0.1, 0.15) is 17.3 Å². The molecule has 0 saturated heterocycles. The molecule has 0 aliphatic carbocycles. The number of phenols is 1. The van der Waals surface area contributed by atoms with E-state index in [0.717, 1.165) is 33.8 Å². The van der Waals surface area contributed by atoms with Gasteiger partial charge in [0, 0.05) is 23.5 Å². The predicted molar refractivity (Wildman–Crippen MR) is 98.1 cm³/mol. The summed E-state index contributed by atoms with van der Waals surface area (Å²) in [4.78, 5) is 7.56. The lowest BCUT2D eigenvalue weighted by Crippen LogP contribution is -1.85. The Hall–Kier alpha value is -3.27. The molecule has 0 aliphatic heterocycles. The molecule has 2 aromatic carbocycles. The highest BCUT2D eigenvalue weighted by Gasteiger charge is 2.06. The van der Waals surface area contributed by atoms with Crippen LogP contribution < -0.4 is 4.74 Å². The molecule has 4 heteroatoms. The number of aromatic amines is 1. The number of phenolic OH excluding ortho intramolecular Hbond substituents is 1. The highest BCUT2D eigenvalue weighted by Crippen LogP contribution is 2.31. The van der Waals surface area contributed by atoms with Crippen molar-refractivity contribution in [3.8, 4) is 22.6 Å². The third kappa shape index (κ3) is 3.38. The Bertz CT molecular complexity index is 877. The molecule has 0 fully saturated rings. The maximum absolute atomic E-state index is 9.32. The zero-order valence-electron chi connectivity index (χ0n) is 13.4. The van der Waals surface area contributed by atoms with Crippen LogP contribution in [0.25, 0.3) is 16.7 Å². The lowest BCUT2D eigenvalue weighted by Gasteiger charge is -2.05. The van der Waals surface area contributed by atoms with Gasteiger partial charge in [-0.15, -0.1) is 0 Å². The molecule has 3 rings (SSSR count). The number of H-pyrrole nitrogens is 1. The summed E-state index contributed by atoms with van der Waals surface area (Å²) in [5, 5.41) is 9.32. The summed E-state index contributed by atoms with van der Waals surface area (Å²) in [5.41, 5.74) is 3.70.